The van der Waals surface area contributed by atoms with Crippen LogP contribution in [0.1, 0.15) is 46.0 Å². The molecule has 0 saturated carbocycles. The van der Waals surface area contributed by atoms with E-state index < -0.39 is 10.1 Å². The Morgan fingerprint density at radius 2 is 1.65 bits per heavy atom. The summed E-state index contributed by atoms with van der Waals surface area (Å²) in [6.07, 6.45) is 5.91. The smallest absolute Gasteiger partial charge is 0.294 e. The highest BCUT2D eigenvalue weighted by Gasteiger charge is 2.08. The van der Waals surface area contributed by atoms with Gasteiger partial charge in [-0.05, 0) is 36.6 Å². The van der Waals surface area contributed by atoms with Gasteiger partial charge in [-0.15, -0.1) is 0 Å². The molecule has 0 aliphatic carbocycles. The van der Waals surface area contributed by atoms with Gasteiger partial charge in [-0.25, -0.2) is 0 Å². The summed E-state index contributed by atoms with van der Waals surface area (Å²) in [7, 11) is -4.12. The van der Waals surface area contributed by atoms with E-state index in [-0.39, 0.29) is 4.90 Å². The van der Waals surface area contributed by atoms with Crippen molar-refractivity contribution in [3.63, 3.8) is 0 Å². The van der Waals surface area contributed by atoms with Crippen LogP contribution >= 0.6 is 0 Å². The van der Waals surface area contributed by atoms with Crippen LogP contribution < -0.4 is 4.74 Å². The Balaban J connectivity index is 2.20. The highest BCUT2D eigenvalue weighted by atomic mass is 32.2. The molecule has 0 aromatic heterocycles. The molecule has 1 aromatic carbocycles. The van der Waals surface area contributed by atoms with Crippen LogP contribution in [0.2, 0.25) is 0 Å². The first kappa shape index (κ1) is 17.0. The third-order valence-electron chi connectivity index (χ3n) is 3.07. The summed E-state index contributed by atoms with van der Waals surface area (Å²) in [4.78, 5) is -0.112. The fourth-order valence-corrected chi connectivity index (χ4v) is 2.39. The van der Waals surface area contributed by atoms with Crippen LogP contribution in [-0.4, -0.2) is 19.6 Å². The molecule has 114 valence electrons. The molecule has 0 spiro atoms. The molecule has 0 unspecified atom stereocenters. The summed E-state index contributed by atoms with van der Waals surface area (Å²) in [5.41, 5.74) is 0. The van der Waals surface area contributed by atoms with Crippen molar-refractivity contribution in [1.29, 1.82) is 0 Å². The second-order valence-corrected chi connectivity index (χ2v) is 6.81. The maximum absolute atomic E-state index is 10.9. The molecule has 1 rings (SSSR count). The quantitative estimate of drug-likeness (QED) is 0.554. The molecule has 0 radical (unpaired) electrons. The number of unbranched alkanes of at least 4 members (excludes halogenated alkanes) is 3. The van der Waals surface area contributed by atoms with Crippen molar-refractivity contribution >= 4 is 10.1 Å². The molecule has 0 atom stereocenters. The molecule has 0 saturated heterocycles. The Kier molecular flexibility index (Phi) is 7.02. The van der Waals surface area contributed by atoms with E-state index in [0.29, 0.717) is 12.4 Å². The maximum Gasteiger partial charge on any atom is 0.294 e. The second-order valence-electron chi connectivity index (χ2n) is 5.39. The Morgan fingerprint density at radius 3 is 2.20 bits per heavy atom. The molecule has 5 heteroatoms. The standard InChI is InChI=1S/C15H24O4S/c1-13(2)7-5-3-4-6-12-19-14-8-10-15(11-9-14)20(16,17)18/h8-11,13H,3-7,12H2,1-2H3,(H,16,17,18). The van der Waals surface area contributed by atoms with Gasteiger partial charge in [0.1, 0.15) is 5.75 Å². The van der Waals surface area contributed by atoms with Gasteiger partial charge in [-0.1, -0.05) is 39.5 Å². The van der Waals surface area contributed by atoms with Crippen molar-refractivity contribution in [2.45, 2.75) is 50.8 Å². The van der Waals surface area contributed by atoms with Crippen LogP contribution in [0.5, 0.6) is 5.75 Å². The normalized spacial score (nSPS) is 11.8. The van der Waals surface area contributed by atoms with Gasteiger partial charge in [-0.2, -0.15) is 8.42 Å². The van der Waals surface area contributed by atoms with E-state index in [0.717, 1.165) is 18.8 Å². The average molecular weight is 300 g/mol. The van der Waals surface area contributed by atoms with Crippen molar-refractivity contribution in [3.8, 4) is 5.75 Å². The molecule has 20 heavy (non-hydrogen) atoms. The van der Waals surface area contributed by atoms with Crippen molar-refractivity contribution < 1.29 is 17.7 Å². The van der Waals surface area contributed by atoms with Crippen LogP contribution in [0, 0.1) is 5.92 Å². The van der Waals surface area contributed by atoms with Gasteiger partial charge in [0.25, 0.3) is 10.1 Å². The molecule has 0 amide bonds. The highest BCUT2D eigenvalue weighted by molar-refractivity contribution is 7.85. The topological polar surface area (TPSA) is 63.6 Å². The largest absolute Gasteiger partial charge is 0.494 e. The molecule has 0 aliphatic heterocycles. The van der Waals surface area contributed by atoms with Crippen molar-refractivity contribution in [2.24, 2.45) is 5.92 Å². The molecule has 0 aliphatic rings. The third-order valence-corrected chi connectivity index (χ3v) is 3.93. The molecule has 0 fully saturated rings. The molecular formula is C15H24O4S. The van der Waals surface area contributed by atoms with E-state index in [1.54, 1.807) is 12.1 Å². The lowest BCUT2D eigenvalue weighted by atomic mass is 10.0. The number of benzene rings is 1. The van der Waals surface area contributed by atoms with Crippen LogP contribution in [0.4, 0.5) is 0 Å². The zero-order valence-electron chi connectivity index (χ0n) is 12.2. The second kappa shape index (κ2) is 8.27. The van der Waals surface area contributed by atoms with Gasteiger partial charge in [0.05, 0.1) is 11.5 Å². The number of ether oxygens (including phenoxy) is 1. The Labute approximate surface area is 121 Å². The predicted octanol–water partition coefficient (Wildman–Crippen LogP) is 3.92. The molecular weight excluding hydrogens is 276 g/mol. The van der Waals surface area contributed by atoms with E-state index in [9.17, 15) is 8.42 Å². The Morgan fingerprint density at radius 1 is 1.05 bits per heavy atom. The molecule has 4 nitrogen and oxygen atoms in total. The van der Waals surface area contributed by atoms with E-state index in [2.05, 4.69) is 13.8 Å². The highest BCUT2D eigenvalue weighted by Crippen LogP contribution is 2.16. The maximum atomic E-state index is 10.9. The fraction of sp³-hybridized carbons (Fsp3) is 0.600. The average Bonchev–Trinajstić information content (AvgIpc) is 2.37. The van der Waals surface area contributed by atoms with Gasteiger partial charge in [0.2, 0.25) is 0 Å². The predicted molar refractivity (Wildman–Crippen MR) is 79.7 cm³/mol. The summed E-state index contributed by atoms with van der Waals surface area (Å²) in [5, 5.41) is 0. The first-order chi connectivity index (χ1) is 9.39. The summed E-state index contributed by atoms with van der Waals surface area (Å²) < 4.78 is 36.1. The van der Waals surface area contributed by atoms with Gasteiger partial charge < -0.3 is 4.74 Å². The van der Waals surface area contributed by atoms with Crippen LogP contribution in [-0.2, 0) is 10.1 Å². The fourth-order valence-electron chi connectivity index (χ4n) is 1.91. The van der Waals surface area contributed by atoms with E-state index in [4.69, 9.17) is 9.29 Å². The molecule has 1 N–H and O–H groups in total. The first-order valence-electron chi connectivity index (χ1n) is 7.10. The van der Waals surface area contributed by atoms with E-state index >= 15 is 0 Å². The summed E-state index contributed by atoms with van der Waals surface area (Å²) in [6, 6.07) is 5.80. The number of rotatable bonds is 9. The lowest BCUT2D eigenvalue weighted by molar-refractivity contribution is 0.303. The first-order valence-corrected chi connectivity index (χ1v) is 8.54. The van der Waals surface area contributed by atoms with Crippen molar-refractivity contribution in [1.82, 2.24) is 0 Å². The van der Waals surface area contributed by atoms with E-state index in [1.165, 1.54) is 31.4 Å². The summed E-state index contributed by atoms with van der Waals surface area (Å²) in [5.74, 6) is 1.40. The van der Waals surface area contributed by atoms with Crippen molar-refractivity contribution in [2.75, 3.05) is 6.61 Å². The van der Waals surface area contributed by atoms with Gasteiger partial charge in [-0.3, -0.25) is 4.55 Å². The summed E-state index contributed by atoms with van der Waals surface area (Å²) in [6.45, 7) is 5.10. The summed E-state index contributed by atoms with van der Waals surface area (Å²) >= 11 is 0. The van der Waals surface area contributed by atoms with Crippen LogP contribution in [0.15, 0.2) is 29.2 Å². The minimum atomic E-state index is -4.12. The number of hydrogen-bond acceptors (Lipinski definition) is 3. The zero-order chi connectivity index (χ0) is 15.0. The van der Waals surface area contributed by atoms with Gasteiger partial charge >= 0.3 is 0 Å². The van der Waals surface area contributed by atoms with Crippen LogP contribution in [0.3, 0.4) is 0 Å². The number of hydrogen-bond donors (Lipinski definition) is 1. The lowest BCUT2D eigenvalue weighted by Crippen LogP contribution is -2.00. The Hall–Kier alpha value is -1.07. The lowest BCUT2D eigenvalue weighted by Gasteiger charge is -2.07. The molecule has 0 heterocycles. The van der Waals surface area contributed by atoms with Crippen LogP contribution in [0.25, 0.3) is 0 Å². The van der Waals surface area contributed by atoms with Gasteiger partial charge in [0.15, 0.2) is 0 Å². The molecule has 1 aromatic rings. The van der Waals surface area contributed by atoms with E-state index in [1.807, 2.05) is 0 Å². The molecule has 0 bridgehead atoms. The SMILES string of the molecule is CC(C)CCCCCCOc1ccc(S(=O)(=O)O)cc1. The van der Waals surface area contributed by atoms with Crippen molar-refractivity contribution in [3.05, 3.63) is 24.3 Å². The minimum absolute atomic E-state index is 0.112. The zero-order valence-corrected chi connectivity index (χ0v) is 13.0. The monoisotopic (exact) mass is 300 g/mol. The third kappa shape index (κ3) is 6.91. The van der Waals surface area contributed by atoms with Gasteiger partial charge in [0, 0.05) is 0 Å². The minimum Gasteiger partial charge on any atom is -0.494 e. The Bertz CT molecular complexity index is 477.